The van der Waals surface area contributed by atoms with Crippen molar-refractivity contribution >= 4 is 17.2 Å². The maximum absolute atomic E-state index is 12.5. The minimum Gasteiger partial charge on any atom is -0.382 e. The summed E-state index contributed by atoms with van der Waals surface area (Å²) >= 11 is 1.37. The average molecular weight is 335 g/mol. The monoisotopic (exact) mass is 335 g/mol. The van der Waals surface area contributed by atoms with Crippen molar-refractivity contribution < 1.29 is 9.90 Å². The molecule has 0 saturated carbocycles. The molecule has 7 nitrogen and oxygen atoms in total. The molecule has 1 N–H and O–H groups in total. The summed E-state index contributed by atoms with van der Waals surface area (Å²) in [7, 11) is 1.79. The van der Waals surface area contributed by atoms with Gasteiger partial charge in [0, 0.05) is 25.0 Å². The van der Waals surface area contributed by atoms with E-state index < -0.39 is 5.60 Å². The fourth-order valence-electron chi connectivity index (χ4n) is 2.90. The molecule has 1 atom stereocenters. The Kier molecular flexibility index (Phi) is 3.97. The number of aromatic nitrogens is 4. The van der Waals surface area contributed by atoms with E-state index in [4.69, 9.17) is 0 Å². The van der Waals surface area contributed by atoms with Gasteiger partial charge in [0.15, 0.2) is 16.7 Å². The number of hydrogen-bond acceptors (Lipinski definition) is 6. The minimum atomic E-state index is -1.08. The first kappa shape index (κ1) is 16.1. The number of likely N-dealkylation sites (tertiary alicyclic amines) is 1. The fourth-order valence-corrected chi connectivity index (χ4v) is 3.72. The third-order valence-corrected chi connectivity index (χ3v) is 4.99. The second-order valence-corrected chi connectivity index (χ2v) is 7.35. The molecule has 0 bridgehead atoms. The van der Waals surface area contributed by atoms with Gasteiger partial charge in [-0.2, -0.15) is 0 Å². The van der Waals surface area contributed by atoms with Gasteiger partial charge in [-0.15, -0.1) is 21.5 Å². The molecule has 1 saturated heterocycles. The van der Waals surface area contributed by atoms with Crippen molar-refractivity contribution in [2.75, 3.05) is 6.54 Å². The Morgan fingerprint density at radius 3 is 2.74 bits per heavy atom. The Morgan fingerprint density at radius 2 is 2.17 bits per heavy atom. The first-order valence-electron chi connectivity index (χ1n) is 7.68. The van der Waals surface area contributed by atoms with Crippen LogP contribution in [0.1, 0.15) is 49.9 Å². The van der Waals surface area contributed by atoms with Crippen molar-refractivity contribution in [2.24, 2.45) is 7.05 Å². The molecule has 0 spiro atoms. The Labute approximate surface area is 139 Å². The second-order valence-electron chi connectivity index (χ2n) is 6.49. The largest absolute Gasteiger partial charge is 0.382 e. The second kappa shape index (κ2) is 5.68. The van der Waals surface area contributed by atoms with Crippen molar-refractivity contribution in [2.45, 2.75) is 45.3 Å². The van der Waals surface area contributed by atoms with Crippen LogP contribution in [0, 0.1) is 0 Å². The molecule has 1 unspecified atom stereocenters. The molecule has 1 aliphatic rings. The molecular weight excluding hydrogens is 314 g/mol. The van der Waals surface area contributed by atoms with Gasteiger partial charge in [0.1, 0.15) is 11.3 Å². The highest BCUT2D eigenvalue weighted by atomic mass is 32.1. The maximum atomic E-state index is 12.5. The van der Waals surface area contributed by atoms with Gasteiger partial charge < -0.3 is 14.6 Å². The predicted octanol–water partition coefficient (Wildman–Crippen LogP) is 1.79. The van der Waals surface area contributed by atoms with Crippen molar-refractivity contribution in [1.82, 2.24) is 24.6 Å². The van der Waals surface area contributed by atoms with Gasteiger partial charge in [-0.25, -0.2) is 4.98 Å². The minimum absolute atomic E-state index is 0.0256. The van der Waals surface area contributed by atoms with Crippen LogP contribution in [-0.4, -0.2) is 48.2 Å². The van der Waals surface area contributed by atoms with E-state index in [1.807, 2.05) is 4.90 Å². The van der Waals surface area contributed by atoms with Gasteiger partial charge in [-0.3, -0.25) is 4.79 Å². The van der Waals surface area contributed by atoms with E-state index in [9.17, 15) is 9.90 Å². The van der Waals surface area contributed by atoms with E-state index in [-0.39, 0.29) is 11.9 Å². The van der Waals surface area contributed by atoms with Crippen LogP contribution >= 0.6 is 11.3 Å². The molecule has 3 heterocycles. The van der Waals surface area contributed by atoms with Crippen LogP contribution in [0.3, 0.4) is 0 Å². The zero-order valence-corrected chi connectivity index (χ0v) is 14.6. The van der Waals surface area contributed by atoms with Crippen LogP contribution < -0.4 is 0 Å². The molecule has 23 heavy (non-hydrogen) atoms. The molecular formula is C15H21N5O2S. The Hall–Kier alpha value is -1.80. The van der Waals surface area contributed by atoms with Crippen LogP contribution in [0.4, 0.5) is 0 Å². The number of nitrogens with zero attached hydrogens (tertiary/aromatic N) is 5. The van der Waals surface area contributed by atoms with E-state index in [2.05, 4.69) is 22.1 Å². The van der Waals surface area contributed by atoms with Crippen LogP contribution in [-0.2, 0) is 12.6 Å². The van der Waals surface area contributed by atoms with E-state index in [0.29, 0.717) is 22.4 Å². The van der Waals surface area contributed by atoms with Crippen molar-refractivity contribution in [3.8, 4) is 10.8 Å². The van der Waals surface area contributed by atoms with Gasteiger partial charge in [0.2, 0.25) is 0 Å². The molecule has 1 amide bonds. The summed E-state index contributed by atoms with van der Waals surface area (Å²) in [6.45, 7) is 6.18. The fraction of sp³-hybridized carbons (Fsp3) is 0.600. The summed E-state index contributed by atoms with van der Waals surface area (Å²) in [6, 6.07) is 0.268. The third kappa shape index (κ3) is 2.88. The number of hydrogen-bond donors (Lipinski definition) is 1. The van der Waals surface area contributed by atoms with Gasteiger partial charge in [0.25, 0.3) is 5.91 Å². The van der Waals surface area contributed by atoms with Crippen LogP contribution in [0.15, 0.2) is 5.38 Å². The van der Waals surface area contributed by atoms with Crippen LogP contribution in [0.5, 0.6) is 0 Å². The Balaban J connectivity index is 1.88. The van der Waals surface area contributed by atoms with E-state index in [0.717, 1.165) is 19.4 Å². The van der Waals surface area contributed by atoms with Gasteiger partial charge in [-0.1, -0.05) is 0 Å². The molecule has 2 aromatic heterocycles. The highest BCUT2D eigenvalue weighted by molar-refractivity contribution is 7.13. The summed E-state index contributed by atoms with van der Waals surface area (Å²) in [5, 5.41) is 20.6. The first-order valence-corrected chi connectivity index (χ1v) is 8.56. The molecule has 2 aromatic rings. The predicted molar refractivity (Wildman–Crippen MR) is 87.1 cm³/mol. The molecule has 8 heteroatoms. The lowest BCUT2D eigenvalue weighted by molar-refractivity contribution is 0.0654. The Bertz CT molecular complexity index is 731. The number of carbonyl (C=O) groups is 1. The number of carbonyl (C=O) groups excluding carboxylic acids is 1. The highest BCUT2D eigenvalue weighted by Gasteiger charge is 2.29. The van der Waals surface area contributed by atoms with Crippen LogP contribution in [0.2, 0.25) is 0 Å². The zero-order valence-electron chi connectivity index (χ0n) is 13.8. The van der Waals surface area contributed by atoms with Crippen molar-refractivity contribution in [3.63, 3.8) is 0 Å². The maximum Gasteiger partial charge on any atom is 0.273 e. The summed E-state index contributed by atoms with van der Waals surface area (Å²) in [5.41, 5.74) is -0.632. The van der Waals surface area contributed by atoms with Crippen molar-refractivity contribution in [3.05, 3.63) is 16.9 Å². The average Bonchev–Trinajstić information content (AvgIpc) is 3.15. The third-order valence-electron chi connectivity index (χ3n) is 4.15. The highest BCUT2D eigenvalue weighted by Crippen LogP contribution is 2.27. The number of aliphatic hydroxyl groups is 1. The smallest absolute Gasteiger partial charge is 0.273 e. The molecule has 1 fully saturated rings. The summed E-state index contributed by atoms with van der Waals surface area (Å²) in [6.07, 6.45) is 2.09. The Morgan fingerprint density at radius 1 is 1.43 bits per heavy atom. The summed E-state index contributed by atoms with van der Waals surface area (Å²) in [5.74, 6) is 0.992. The summed E-state index contributed by atoms with van der Waals surface area (Å²) in [4.78, 5) is 18.8. The lowest BCUT2D eigenvalue weighted by Gasteiger charge is -2.19. The molecule has 0 aromatic carbocycles. The SMILES string of the molecule is CC1CCCN1C(=O)c1csc(-c2nnc(C(C)(C)O)n2C)n1. The molecule has 1 aliphatic heterocycles. The molecule has 0 radical (unpaired) electrons. The quantitative estimate of drug-likeness (QED) is 0.924. The van der Waals surface area contributed by atoms with E-state index >= 15 is 0 Å². The van der Waals surface area contributed by atoms with E-state index in [1.54, 1.807) is 30.8 Å². The number of rotatable bonds is 3. The topological polar surface area (TPSA) is 84.1 Å². The van der Waals surface area contributed by atoms with Gasteiger partial charge >= 0.3 is 0 Å². The molecule has 124 valence electrons. The van der Waals surface area contributed by atoms with Gasteiger partial charge in [-0.05, 0) is 33.6 Å². The van der Waals surface area contributed by atoms with Crippen molar-refractivity contribution in [1.29, 1.82) is 0 Å². The molecule has 3 rings (SSSR count). The lowest BCUT2D eigenvalue weighted by atomic mass is 10.1. The van der Waals surface area contributed by atoms with Gasteiger partial charge in [0.05, 0.1) is 0 Å². The zero-order chi connectivity index (χ0) is 16.8. The van der Waals surface area contributed by atoms with Crippen LogP contribution in [0.25, 0.3) is 10.8 Å². The first-order chi connectivity index (χ1) is 10.8. The standard InChI is InChI=1S/C15H21N5O2S/c1-9-6-5-7-20(9)13(21)10-8-23-12(16-10)11-17-18-14(19(11)4)15(2,3)22/h8-9,22H,5-7H2,1-4H3. The lowest BCUT2D eigenvalue weighted by Crippen LogP contribution is -2.33. The van der Waals surface area contributed by atoms with E-state index in [1.165, 1.54) is 11.3 Å². The summed E-state index contributed by atoms with van der Waals surface area (Å²) < 4.78 is 1.71. The number of amides is 1. The number of thiazole rings is 1. The molecule has 0 aliphatic carbocycles. The normalized spacial score (nSPS) is 18.7.